The highest BCUT2D eigenvalue weighted by atomic mass is 35.5. The standard InChI is InChI=1S/C15H13ClN4O2/c16-14-12(9-1-2-9)3-4-13-18-11(8-20(13)14)7-19-6-10(5-17-19)15(21)22/h3-6,8-9H,1-2,7H2,(H,21,22). The van der Waals surface area contributed by atoms with Crippen LogP contribution in [0.2, 0.25) is 5.15 Å². The van der Waals surface area contributed by atoms with Gasteiger partial charge >= 0.3 is 5.97 Å². The van der Waals surface area contributed by atoms with Gasteiger partial charge in [-0.25, -0.2) is 9.78 Å². The molecule has 3 aromatic rings. The SMILES string of the molecule is O=C(O)c1cnn(Cc2cn3c(Cl)c(C4CC4)ccc3n2)c1. The van der Waals surface area contributed by atoms with Crippen molar-refractivity contribution in [2.75, 3.05) is 0 Å². The maximum absolute atomic E-state index is 10.9. The maximum Gasteiger partial charge on any atom is 0.338 e. The molecule has 0 bridgehead atoms. The molecule has 1 saturated carbocycles. The second kappa shape index (κ2) is 4.84. The van der Waals surface area contributed by atoms with Crippen LogP contribution in [0.4, 0.5) is 0 Å². The lowest BCUT2D eigenvalue weighted by Gasteiger charge is -2.04. The van der Waals surface area contributed by atoms with Crippen LogP contribution in [0.1, 0.15) is 40.4 Å². The van der Waals surface area contributed by atoms with E-state index in [1.807, 2.05) is 22.7 Å². The Labute approximate surface area is 131 Å². The van der Waals surface area contributed by atoms with E-state index in [4.69, 9.17) is 16.7 Å². The van der Waals surface area contributed by atoms with E-state index >= 15 is 0 Å². The van der Waals surface area contributed by atoms with Gasteiger partial charge in [0.05, 0.1) is 24.0 Å². The van der Waals surface area contributed by atoms with Gasteiger partial charge in [0.1, 0.15) is 10.8 Å². The predicted molar refractivity (Wildman–Crippen MR) is 80.5 cm³/mol. The van der Waals surface area contributed by atoms with Gasteiger partial charge in [-0.3, -0.25) is 9.08 Å². The van der Waals surface area contributed by atoms with E-state index in [0.29, 0.717) is 17.6 Å². The zero-order valence-electron chi connectivity index (χ0n) is 11.6. The number of aromatic carboxylic acids is 1. The lowest BCUT2D eigenvalue weighted by molar-refractivity contribution is 0.0697. The molecule has 22 heavy (non-hydrogen) atoms. The fraction of sp³-hybridized carbons (Fsp3) is 0.267. The van der Waals surface area contributed by atoms with Crippen LogP contribution in [0.5, 0.6) is 0 Å². The minimum atomic E-state index is -0.988. The van der Waals surface area contributed by atoms with E-state index in [9.17, 15) is 4.79 Å². The number of carboxylic acids is 1. The first-order valence-electron chi connectivity index (χ1n) is 7.04. The zero-order chi connectivity index (χ0) is 15.3. The average molecular weight is 317 g/mol. The summed E-state index contributed by atoms with van der Waals surface area (Å²) in [6.45, 7) is 0.407. The Morgan fingerprint density at radius 3 is 2.86 bits per heavy atom. The van der Waals surface area contributed by atoms with Crippen LogP contribution < -0.4 is 0 Å². The Bertz CT molecular complexity index is 879. The number of pyridine rings is 1. The molecule has 0 amide bonds. The molecule has 3 aromatic heterocycles. The van der Waals surface area contributed by atoms with Gasteiger partial charge in [-0.1, -0.05) is 17.7 Å². The van der Waals surface area contributed by atoms with Crippen LogP contribution in [0.25, 0.3) is 5.65 Å². The summed E-state index contributed by atoms with van der Waals surface area (Å²) in [5.41, 5.74) is 2.91. The van der Waals surface area contributed by atoms with Crippen LogP contribution in [0.15, 0.2) is 30.7 Å². The van der Waals surface area contributed by atoms with Crippen molar-refractivity contribution in [3.8, 4) is 0 Å². The lowest BCUT2D eigenvalue weighted by Crippen LogP contribution is -2.00. The summed E-state index contributed by atoms with van der Waals surface area (Å²) in [5, 5.41) is 13.7. The summed E-state index contributed by atoms with van der Waals surface area (Å²) in [6.07, 6.45) is 7.08. The number of halogens is 1. The molecule has 0 saturated heterocycles. The molecule has 3 heterocycles. The van der Waals surface area contributed by atoms with Crippen molar-refractivity contribution in [1.29, 1.82) is 0 Å². The number of fused-ring (bicyclic) bond motifs is 1. The fourth-order valence-electron chi connectivity index (χ4n) is 2.59. The number of rotatable bonds is 4. The Morgan fingerprint density at radius 1 is 1.36 bits per heavy atom. The number of carboxylic acid groups (broad SMARTS) is 1. The number of imidazole rings is 1. The summed E-state index contributed by atoms with van der Waals surface area (Å²) in [7, 11) is 0. The molecule has 0 aliphatic heterocycles. The molecule has 1 aliphatic carbocycles. The quantitative estimate of drug-likeness (QED) is 0.751. The first kappa shape index (κ1) is 13.3. The van der Waals surface area contributed by atoms with Gasteiger partial charge < -0.3 is 5.11 Å². The van der Waals surface area contributed by atoms with Gasteiger partial charge in [-0.2, -0.15) is 5.10 Å². The Balaban J connectivity index is 1.67. The molecule has 112 valence electrons. The normalized spacial score (nSPS) is 14.6. The van der Waals surface area contributed by atoms with E-state index in [-0.39, 0.29) is 5.56 Å². The summed E-state index contributed by atoms with van der Waals surface area (Å²) in [6, 6.07) is 4.01. The summed E-state index contributed by atoms with van der Waals surface area (Å²) >= 11 is 6.46. The molecule has 1 aliphatic rings. The summed E-state index contributed by atoms with van der Waals surface area (Å²) in [4.78, 5) is 15.4. The van der Waals surface area contributed by atoms with Gasteiger partial charge in [0.25, 0.3) is 0 Å². The Hall–Kier alpha value is -2.34. The highest BCUT2D eigenvalue weighted by Gasteiger charge is 2.26. The highest BCUT2D eigenvalue weighted by Crippen LogP contribution is 2.43. The number of carbonyl (C=O) groups is 1. The first-order chi connectivity index (χ1) is 10.6. The van der Waals surface area contributed by atoms with E-state index in [2.05, 4.69) is 10.1 Å². The van der Waals surface area contributed by atoms with Crippen LogP contribution in [-0.4, -0.2) is 30.2 Å². The van der Waals surface area contributed by atoms with Crippen molar-refractivity contribution in [3.63, 3.8) is 0 Å². The molecular formula is C15H13ClN4O2. The van der Waals surface area contributed by atoms with Gasteiger partial charge in [0.2, 0.25) is 0 Å². The topological polar surface area (TPSA) is 72.4 Å². The van der Waals surface area contributed by atoms with E-state index < -0.39 is 5.97 Å². The van der Waals surface area contributed by atoms with Gasteiger partial charge in [0, 0.05) is 12.4 Å². The number of hydrogen-bond donors (Lipinski definition) is 1. The van der Waals surface area contributed by atoms with Crippen LogP contribution in [0.3, 0.4) is 0 Å². The molecule has 4 rings (SSSR count). The highest BCUT2D eigenvalue weighted by molar-refractivity contribution is 6.30. The summed E-state index contributed by atoms with van der Waals surface area (Å²) in [5.74, 6) is -0.412. The molecule has 0 unspecified atom stereocenters. The lowest BCUT2D eigenvalue weighted by atomic mass is 10.2. The number of hydrogen-bond acceptors (Lipinski definition) is 3. The van der Waals surface area contributed by atoms with Crippen LogP contribution in [-0.2, 0) is 6.54 Å². The van der Waals surface area contributed by atoms with E-state index in [1.54, 1.807) is 4.68 Å². The third-order valence-electron chi connectivity index (χ3n) is 3.87. The molecular weight excluding hydrogens is 304 g/mol. The van der Waals surface area contributed by atoms with Crippen molar-refractivity contribution >= 4 is 23.2 Å². The molecule has 0 aromatic carbocycles. The number of nitrogens with zero attached hydrogens (tertiary/aromatic N) is 4. The minimum Gasteiger partial charge on any atom is -0.478 e. The maximum atomic E-state index is 10.9. The smallest absolute Gasteiger partial charge is 0.338 e. The third-order valence-corrected chi connectivity index (χ3v) is 4.27. The molecule has 0 spiro atoms. The molecule has 1 fully saturated rings. The zero-order valence-corrected chi connectivity index (χ0v) is 12.4. The van der Waals surface area contributed by atoms with Crippen molar-refractivity contribution < 1.29 is 9.90 Å². The Kier molecular flexibility index (Phi) is 2.94. The summed E-state index contributed by atoms with van der Waals surface area (Å²) < 4.78 is 3.44. The number of aromatic nitrogens is 4. The minimum absolute atomic E-state index is 0.165. The van der Waals surface area contributed by atoms with Crippen molar-refractivity contribution in [1.82, 2.24) is 19.2 Å². The van der Waals surface area contributed by atoms with Crippen LogP contribution in [0, 0.1) is 0 Å². The molecule has 7 heteroatoms. The van der Waals surface area contributed by atoms with Crippen molar-refractivity contribution in [3.05, 3.63) is 52.7 Å². The fourth-order valence-corrected chi connectivity index (χ4v) is 2.95. The van der Waals surface area contributed by atoms with Crippen LogP contribution >= 0.6 is 11.6 Å². The molecule has 0 atom stereocenters. The largest absolute Gasteiger partial charge is 0.478 e. The predicted octanol–water partition coefficient (Wildman–Crippen LogP) is 2.81. The van der Waals surface area contributed by atoms with Crippen molar-refractivity contribution in [2.45, 2.75) is 25.3 Å². The van der Waals surface area contributed by atoms with Crippen molar-refractivity contribution in [2.24, 2.45) is 0 Å². The van der Waals surface area contributed by atoms with Gasteiger partial charge in [-0.15, -0.1) is 0 Å². The van der Waals surface area contributed by atoms with Gasteiger partial charge in [0.15, 0.2) is 0 Å². The molecule has 6 nitrogen and oxygen atoms in total. The Morgan fingerprint density at radius 2 is 2.18 bits per heavy atom. The van der Waals surface area contributed by atoms with E-state index in [1.165, 1.54) is 30.8 Å². The first-order valence-corrected chi connectivity index (χ1v) is 7.42. The van der Waals surface area contributed by atoms with Gasteiger partial charge in [-0.05, 0) is 30.4 Å². The third kappa shape index (κ3) is 2.25. The second-order valence-electron chi connectivity index (χ2n) is 5.55. The monoisotopic (exact) mass is 316 g/mol. The second-order valence-corrected chi connectivity index (χ2v) is 5.90. The van der Waals surface area contributed by atoms with E-state index in [0.717, 1.165) is 11.3 Å². The average Bonchev–Trinajstić information content (AvgIpc) is 3.06. The molecule has 0 radical (unpaired) electrons. The molecule has 1 N–H and O–H groups in total.